The molecule has 4 heterocycles. The summed E-state index contributed by atoms with van der Waals surface area (Å²) in [5.74, 6) is -0.410. The van der Waals surface area contributed by atoms with Gasteiger partial charge in [-0.15, -0.1) is 0 Å². The number of carbonyl (C=O) groups is 2. The maximum absolute atomic E-state index is 13.7. The van der Waals surface area contributed by atoms with Crippen LogP contribution in [0.15, 0.2) is 23.3 Å². The quantitative estimate of drug-likeness (QED) is 0.278. The summed E-state index contributed by atoms with van der Waals surface area (Å²) >= 11 is 0. The van der Waals surface area contributed by atoms with E-state index in [1.165, 1.54) is 16.7 Å². The van der Waals surface area contributed by atoms with Crippen LogP contribution < -0.4 is 20.7 Å². The highest BCUT2D eigenvalue weighted by molar-refractivity contribution is 6.05. The molecule has 0 spiro atoms. The molecular formula is C28H35F6N7O4. The number of ether oxygens (including phenoxy) is 1. The summed E-state index contributed by atoms with van der Waals surface area (Å²) in [6.07, 6.45) is -6.56. The standard InChI is InChI=1S/C28H35F6N7O4/c1-4-17(5-2)13-41-20-10-18(27(29,30)31)11-35-24(20)40-8-7-39(14-21(40)26(41)44)22(42)6-9-45-15-16(3)37-19-12-36-38-25(43)23(19)28(32,33)34/h10-12,16-17,21H,4-9,13-15H2,1-3H3,(H2,37,38,43)/t16-,21?/m0/s1. The molecule has 11 nitrogen and oxygen atoms in total. The molecule has 1 saturated heterocycles. The van der Waals surface area contributed by atoms with Crippen molar-refractivity contribution < 1.29 is 40.7 Å². The molecule has 2 aromatic heterocycles. The van der Waals surface area contributed by atoms with Crippen LogP contribution in [0, 0.1) is 5.92 Å². The van der Waals surface area contributed by atoms with E-state index in [9.17, 15) is 40.7 Å². The van der Waals surface area contributed by atoms with E-state index in [4.69, 9.17) is 4.74 Å². The fraction of sp³-hybridized carbons (Fsp3) is 0.607. The van der Waals surface area contributed by atoms with Crippen LogP contribution in [0.1, 0.15) is 51.2 Å². The fourth-order valence-electron chi connectivity index (χ4n) is 5.46. The highest BCUT2D eigenvalue weighted by Crippen LogP contribution is 2.40. The molecule has 2 aliphatic rings. The van der Waals surface area contributed by atoms with Gasteiger partial charge in [-0.25, -0.2) is 10.1 Å². The Balaban J connectivity index is 1.38. The molecule has 2 aliphatic heterocycles. The van der Waals surface area contributed by atoms with Crippen molar-refractivity contribution in [1.29, 1.82) is 0 Å². The van der Waals surface area contributed by atoms with E-state index in [1.54, 1.807) is 10.00 Å². The molecule has 4 rings (SSSR count). The van der Waals surface area contributed by atoms with Gasteiger partial charge in [0.05, 0.1) is 49.3 Å². The summed E-state index contributed by atoms with van der Waals surface area (Å²) in [5, 5.41) is 7.71. The van der Waals surface area contributed by atoms with Crippen molar-refractivity contribution >= 4 is 29.0 Å². The summed E-state index contributed by atoms with van der Waals surface area (Å²) in [6, 6.07) is -0.538. The summed E-state index contributed by atoms with van der Waals surface area (Å²) in [7, 11) is 0. The van der Waals surface area contributed by atoms with Gasteiger partial charge in [0, 0.05) is 31.9 Å². The van der Waals surface area contributed by atoms with Gasteiger partial charge in [0.15, 0.2) is 5.82 Å². The van der Waals surface area contributed by atoms with Crippen molar-refractivity contribution in [3.8, 4) is 0 Å². The lowest BCUT2D eigenvalue weighted by Gasteiger charge is -2.47. The number of hydrogen-bond acceptors (Lipinski definition) is 8. The normalized spacial score (nSPS) is 17.8. The first-order chi connectivity index (χ1) is 21.1. The van der Waals surface area contributed by atoms with Gasteiger partial charge in [-0.3, -0.25) is 14.4 Å². The third-order valence-electron chi connectivity index (χ3n) is 7.99. The van der Waals surface area contributed by atoms with E-state index in [0.29, 0.717) is 0 Å². The number of piperazine rings is 1. The molecular weight excluding hydrogens is 612 g/mol. The van der Waals surface area contributed by atoms with Gasteiger partial charge in [-0.1, -0.05) is 26.7 Å². The van der Waals surface area contributed by atoms with E-state index in [1.807, 2.05) is 13.8 Å². The summed E-state index contributed by atoms with van der Waals surface area (Å²) < 4.78 is 85.9. The maximum atomic E-state index is 13.7. The number of halogens is 6. The average molecular weight is 648 g/mol. The number of hydrogen-bond donors (Lipinski definition) is 2. The molecule has 0 bridgehead atoms. The minimum atomic E-state index is -4.90. The molecule has 1 fully saturated rings. The summed E-state index contributed by atoms with van der Waals surface area (Å²) in [6.45, 7) is 5.89. The van der Waals surface area contributed by atoms with Crippen molar-refractivity contribution in [3.05, 3.63) is 39.9 Å². The smallest absolute Gasteiger partial charge is 0.379 e. The second-order valence-corrected chi connectivity index (χ2v) is 11.1. The number of amides is 2. The maximum Gasteiger partial charge on any atom is 0.423 e. The molecule has 2 aromatic rings. The molecule has 0 radical (unpaired) electrons. The first-order valence-corrected chi connectivity index (χ1v) is 14.6. The molecule has 2 N–H and O–H groups in total. The first kappa shape index (κ1) is 34.0. The van der Waals surface area contributed by atoms with E-state index >= 15 is 0 Å². The summed E-state index contributed by atoms with van der Waals surface area (Å²) in [5.41, 5.74) is -4.14. The van der Waals surface area contributed by atoms with Crippen molar-refractivity contribution in [2.75, 3.05) is 54.5 Å². The second kappa shape index (κ2) is 13.6. The van der Waals surface area contributed by atoms with Gasteiger partial charge in [0.25, 0.3) is 11.5 Å². The Kier molecular flexibility index (Phi) is 10.3. The van der Waals surface area contributed by atoms with Gasteiger partial charge in [0.1, 0.15) is 11.6 Å². The highest BCUT2D eigenvalue weighted by Gasteiger charge is 2.45. The van der Waals surface area contributed by atoms with Crippen LogP contribution in [0.5, 0.6) is 0 Å². The molecule has 1 unspecified atom stereocenters. The number of nitrogens with one attached hydrogen (secondary N) is 2. The predicted molar refractivity (Wildman–Crippen MR) is 152 cm³/mol. The van der Waals surface area contributed by atoms with Crippen molar-refractivity contribution in [3.63, 3.8) is 0 Å². The average Bonchev–Trinajstić information content (AvgIpc) is 2.97. The van der Waals surface area contributed by atoms with Crippen LogP contribution in [-0.2, 0) is 26.7 Å². The Hall–Kier alpha value is -3.89. The van der Waals surface area contributed by atoms with E-state index in [-0.39, 0.29) is 69.1 Å². The molecule has 0 aliphatic carbocycles. The molecule has 0 aromatic carbocycles. The summed E-state index contributed by atoms with van der Waals surface area (Å²) in [4.78, 5) is 47.0. The Bertz CT molecular complexity index is 1430. The zero-order valence-corrected chi connectivity index (χ0v) is 25.0. The zero-order valence-electron chi connectivity index (χ0n) is 25.0. The molecule has 2 amide bonds. The molecule has 248 valence electrons. The van der Waals surface area contributed by atoms with E-state index in [2.05, 4.69) is 15.4 Å². The van der Waals surface area contributed by atoms with Gasteiger partial charge in [-0.2, -0.15) is 31.4 Å². The lowest BCUT2D eigenvalue weighted by Crippen LogP contribution is -2.64. The lowest BCUT2D eigenvalue weighted by molar-refractivity contribution is -0.138. The van der Waals surface area contributed by atoms with Gasteiger partial charge < -0.3 is 24.8 Å². The number of alkyl halides is 6. The van der Waals surface area contributed by atoms with Crippen LogP contribution in [-0.4, -0.2) is 83.4 Å². The van der Waals surface area contributed by atoms with Crippen LogP contribution in [0.4, 0.5) is 43.5 Å². The van der Waals surface area contributed by atoms with Gasteiger partial charge in [-0.05, 0) is 18.9 Å². The molecule has 17 heteroatoms. The van der Waals surface area contributed by atoms with Crippen molar-refractivity contribution in [2.45, 2.75) is 64.5 Å². The van der Waals surface area contributed by atoms with Crippen molar-refractivity contribution in [2.24, 2.45) is 5.92 Å². The molecule has 45 heavy (non-hydrogen) atoms. The van der Waals surface area contributed by atoms with Crippen LogP contribution in [0.25, 0.3) is 0 Å². The Morgan fingerprint density at radius 1 is 1.11 bits per heavy atom. The Labute approximate surface area is 254 Å². The van der Waals surface area contributed by atoms with Crippen molar-refractivity contribution in [1.82, 2.24) is 20.1 Å². The number of aromatic nitrogens is 3. The monoisotopic (exact) mass is 647 g/mol. The SMILES string of the molecule is CCC(CC)CN1C(=O)C2CN(C(=O)CCOC[C@H](C)Nc3cn[nH]c(=O)c3C(F)(F)F)CCN2c2ncc(C(F)(F)F)cc21. The number of carbonyl (C=O) groups excluding carboxylic acids is 2. The van der Waals surface area contributed by atoms with Gasteiger partial charge >= 0.3 is 12.4 Å². The predicted octanol–water partition coefficient (Wildman–Crippen LogP) is 3.91. The largest absolute Gasteiger partial charge is 0.423 e. The third kappa shape index (κ3) is 7.68. The fourth-order valence-corrected chi connectivity index (χ4v) is 5.46. The topological polar surface area (TPSA) is 124 Å². The Morgan fingerprint density at radius 2 is 1.82 bits per heavy atom. The number of fused-ring (bicyclic) bond motifs is 3. The number of aromatic amines is 1. The van der Waals surface area contributed by atoms with Crippen LogP contribution >= 0.6 is 0 Å². The van der Waals surface area contributed by atoms with Crippen LogP contribution in [0.2, 0.25) is 0 Å². The molecule has 0 saturated carbocycles. The first-order valence-electron chi connectivity index (χ1n) is 14.6. The zero-order chi connectivity index (χ0) is 33.1. The second-order valence-electron chi connectivity index (χ2n) is 11.1. The number of anilines is 3. The van der Waals surface area contributed by atoms with Crippen LogP contribution in [0.3, 0.4) is 0 Å². The number of rotatable bonds is 11. The minimum Gasteiger partial charge on any atom is -0.379 e. The van der Waals surface area contributed by atoms with E-state index < -0.39 is 52.7 Å². The number of H-pyrrole nitrogens is 1. The third-order valence-corrected chi connectivity index (χ3v) is 7.99. The number of pyridine rings is 1. The number of nitrogens with zero attached hydrogens (tertiary/aromatic N) is 5. The minimum absolute atomic E-state index is 0.00690. The van der Waals surface area contributed by atoms with E-state index in [0.717, 1.165) is 31.3 Å². The van der Waals surface area contributed by atoms with Gasteiger partial charge in [0.2, 0.25) is 5.91 Å². The highest BCUT2D eigenvalue weighted by atomic mass is 19.4. The Morgan fingerprint density at radius 3 is 2.47 bits per heavy atom. The lowest BCUT2D eigenvalue weighted by atomic mass is 9.99. The molecule has 2 atom stereocenters.